The molecule has 0 unspecified atom stereocenters. The van der Waals surface area contributed by atoms with E-state index in [1.54, 1.807) is 60.5 Å². The molecule has 0 atom stereocenters. The molecule has 35 heavy (non-hydrogen) atoms. The number of nitrogens with one attached hydrogen (secondary N) is 1. The van der Waals surface area contributed by atoms with E-state index in [-0.39, 0.29) is 11.8 Å². The van der Waals surface area contributed by atoms with Crippen LogP contribution in [-0.4, -0.2) is 32.1 Å². The third kappa shape index (κ3) is 6.48. The summed E-state index contributed by atoms with van der Waals surface area (Å²) in [7, 11) is 1.72. The average molecular weight is 467 g/mol. The molecule has 4 aromatic rings. The summed E-state index contributed by atoms with van der Waals surface area (Å²) < 4.78 is 11.3. The third-order valence-electron chi connectivity index (χ3n) is 5.30. The van der Waals surface area contributed by atoms with Crippen molar-refractivity contribution >= 4 is 23.2 Å². The van der Waals surface area contributed by atoms with Gasteiger partial charge in [-0.1, -0.05) is 42.5 Å². The van der Waals surface area contributed by atoms with Crippen molar-refractivity contribution in [2.24, 2.45) is 0 Å². The summed E-state index contributed by atoms with van der Waals surface area (Å²) in [5, 5.41) is 2.85. The van der Waals surface area contributed by atoms with Gasteiger partial charge in [0.2, 0.25) is 0 Å². The van der Waals surface area contributed by atoms with Crippen molar-refractivity contribution in [2.75, 3.05) is 30.5 Å². The summed E-state index contributed by atoms with van der Waals surface area (Å²) in [6, 6.07) is 32.7. The van der Waals surface area contributed by atoms with E-state index >= 15 is 0 Å². The molecule has 0 aliphatic carbocycles. The Labute approximate surface area is 204 Å². The molecule has 0 saturated heterocycles. The van der Waals surface area contributed by atoms with Crippen molar-refractivity contribution in [3.05, 3.63) is 120 Å². The Morgan fingerprint density at radius 1 is 0.686 bits per heavy atom. The van der Waals surface area contributed by atoms with E-state index < -0.39 is 0 Å². The van der Waals surface area contributed by atoms with E-state index in [0.717, 1.165) is 11.4 Å². The zero-order valence-electron chi connectivity index (χ0n) is 19.4. The second-order valence-electron chi connectivity index (χ2n) is 7.77. The predicted octanol–water partition coefficient (Wildman–Crippen LogP) is 5.67. The van der Waals surface area contributed by atoms with Crippen LogP contribution in [0.15, 0.2) is 109 Å². The molecule has 2 amide bonds. The number of carbonyl (C=O) groups excluding carboxylic acids is 2. The second-order valence-corrected chi connectivity index (χ2v) is 7.77. The number of hydrogen-bond donors (Lipinski definition) is 1. The number of para-hydroxylation sites is 2. The van der Waals surface area contributed by atoms with Crippen LogP contribution in [-0.2, 0) is 0 Å². The lowest BCUT2D eigenvalue weighted by atomic mass is 10.1. The monoisotopic (exact) mass is 466 g/mol. The highest BCUT2D eigenvalue weighted by molar-refractivity contribution is 6.08. The van der Waals surface area contributed by atoms with E-state index in [2.05, 4.69) is 5.32 Å². The summed E-state index contributed by atoms with van der Waals surface area (Å²) in [4.78, 5) is 27.2. The molecule has 0 radical (unpaired) electrons. The van der Waals surface area contributed by atoms with Gasteiger partial charge in [-0.25, -0.2) is 0 Å². The topological polar surface area (TPSA) is 67.9 Å². The van der Waals surface area contributed by atoms with Crippen molar-refractivity contribution in [3.8, 4) is 11.5 Å². The summed E-state index contributed by atoms with van der Waals surface area (Å²) in [5.41, 5.74) is 2.30. The first-order valence-electron chi connectivity index (χ1n) is 11.3. The molecule has 0 aliphatic heterocycles. The first-order chi connectivity index (χ1) is 17.1. The fourth-order valence-electron chi connectivity index (χ4n) is 3.43. The maximum Gasteiger partial charge on any atom is 0.258 e. The zero-order valence-corrected chi connectivity index (χ0v) is 19.4. The lowest BCUT2D eigenvalue weighted by Crippen LogP contribution is -2.26. The normalized spacial score (nSPS) is 10.3. The largest absolute Gasteiger partial charge is 0.490 e. The number of carbonyl (C=O) groups is 2. The van der Waals surface area contributed by atoms with Crippen LogP contribution in [0, 0.1) is 0 Å². The quantitative estimate of drug-likeness (QED) is 0.323. The van der Waals surface area contributed by atoms with E-state index in [9.17, 15) is 9.59 Å². The van der Waals surface area contributed by atoms with Crippen molar-refractivity contribution in [2.45, 2.75) is 0 Å². The minimum absolute atomic E-state index is 0.162. The zero-order chi connectivity index (χ0) is 24.5. The Bertz CT molecular complexity index is 1260. The number of anilines is 2. The highest BCUT2D eigenvalue weighted by Gasteiger charge is 2.14. The Kier molecular flexibility index (Phi) is 7.76. The number of nitrogens with zero attached hydrogens (tertiary/aromatic N) is 1. The molecular weight excluding hydrogens is 440 g/mol. The standard InChI is InChI=1S/C29H26N2O4/c1-31(25-11-4-2-5-12-25)29(33)23-9-8-10-24(21-23)30-28(32)22-15-17-27(18-16-22)35-20-19-34-26-13-6-3-7-14-26/h2-18,21H,19-20H2,1H3,(H,30,32). The fourth-order valence-corrected chi connectivity index (χ4v) is 3.43. The molecule has 0 aromatic heterocycles. The van der Waals surface area contributed by atoms with Crippen LogP contribution in [0.1, 0.15) is 20.7 Å². The highest BCUT2D eigenvalue weighted by atomic mass is 16.5. The van der Waals surface area contributed by atoms with Crippen LogP contribution in [0.2, 0.25) is 0 Å². The number of benzene rings is 4. The molecule has 0 heterocycles. The van der Waals surface area contributed by atoms with E-state index in [0.29, 0.717) is 35.8 Å². The molecule has 0 fully saturated rings. The molecule has 4 rings (SSSR count). The van der Waals surface area contributed by atoms with E-state index in [1.807, 2.05) is 60.7 Å². The van der Waals surface area contributed by atoms with Gasteiger partial charge in [0.25, 0.3) is 11.8 Å². The van der Waals surface area contributed by atoms with Crippen LogP contribution in [0.4, 0.5) is 11.4 Å². The molecule has 1 N–H and O–H groups in total. The van der Waals surface area contributed by atoms with Crippen LogP contribution in [0.5, 0.6) is 11.5 Å². The fraction of sp³-hybridized carbons (Fsp3) is 0.103. The smallest absolute Gasteiger partial charge is 0.258 e. The molecule has 6 heteroatoms. The predicted molar refractivity (Wildman–Crippen MR) is 137 cm³/mol. The average Bonchev–Trinajstić information content (AvgIpc) is 2.92. The van der Waals surface area contributed by atoms with Gasteiger partial charge in [0.1, 0.15) is 24.7 Å². The van der Waals surface area contributed by atoms with E-state index in [4.69, 9.17) is 9.47 Å². The molecule has 176 valence electrons. The van der Waals surface area contributed by atoms with Gasteiger partial charge in [0, 0.05) is 29.5 Å². The summed E-state index contributed by atoms with van der Waals surface area (Å²) >= 11 is 0. The SMILES string of the molecule is CN(C(=O)c1cccc(NC(=O)c2ccc(OCCOc3ccccc3)cc2)c1)c1ccccc1. The van der Waals surface area contributed by atoms with Gasteiger partial charge < -0.3 is 19.7 Å². The van der Waals surface area contributed by atoms with Crippen molar-refractivity contribution in [1.29, 1.82) is 0 Å². The molecule has 4 aromatic carbocycles. The summed E-state index contributed by atoms with van der Waals surface area (Å²) in [5.74, 6) is 1.00. The molecule has 0 bridgehead atoms. The second kappa shape index (κ2) is 11.5. The van der Waals surface area contributed by atoms with E-state index in [1.165, 1.54) is 0 Å². The highest BCUT2D eigenvalue weighted by Crippen LogP contribution is 2.19. The first-order valence-corrected chi connectivity index (χ1v) is 11.3. The number of ether oxygens (including phenoxy) is 2. The van der Waals surface area contributed by atoms with Crippen LogP contribution < -0.4 is 19.7 Å². The third-order valence-corrected chi connectivity index (χ3v) is 5.30. The molecule has 0 aliphatic rings. The van der Waals surface area contributed by atoms with Crippen molar-refractivity contribution in [3.63, 3.8) is 0 Å². The Morgan fingerprint density at radius 3 is 1.94 bits per heavy atom. The van der Waals surface area contributed by atoms with Gasteiger partial charge in [-0.2, -0.15) is 0 Å². The Balaban J connectivity index is 1.31. The molecule has 0 spiro atoms. The lowest BCUT2D eigenvalue weighted by Gasteiger charge is -2.17. The minimum Gasteiger partial charge on any atom is -0.490 e. The summed E-state index contributed by atoms with van der Waals surface area (Å²) in [6.45, 7) is 0.805. The number of rotatable bonds is 9. The maximum absolute atomic E-state index is 12.9. The van der Waals surface area contributed by atoms with Gasteiger partial charge in [-0.15, -0.1) is 0 Å². The van der Waals surface area contributed by atoms with Gasteiger partial charge in [0.15, 0.2) is 0 Å². The lowest BCUT2D eigenvalue weighted by molar-refractivity contribution is 0.0990. The molecular formula is C29H26N2O4. The van der Waals surface area contributed by atoms with Crippen LogP contribution in [0.25, 0.3) is 0 Å². The number of amides is 2. The maximum atomic E-state index is 12.9. The Morgan fingerprint density at radius 2 is 1.29 bits per heavy atom. The summed E-state index contributed by atoms with van der Waals surface area (Å²) in [6.07, 6.45) is 0. The van der Waals surface area contributed by atoms with Crippen molar-refractivity contribution < 1.29 is 19.1 Å². The Hall–Kier alpha value is -4.58. The van der Waals surface area contributed by atoms with Crippen LogP contribution >= 0.6 is 0 Å². The molecule has 0 saturated carbocycles. The molecule has 6 nitrogen and oxygen atoms in total. The minimum atomic E-state index is -0.273. The van der Waals surface area contributed by atoms with Gasteiger partial charge in [0.05, 0.1) is 0 Å². The van der Waals surface area contributed by atoms with Gasteiger partial charge in [-0.05, 0) is 66.7 Å². The van der Waals surface area contributed by atoms with Gasteiger partial charge in [-0.3, -0.25) is 9.59 Å². The van der Waals surface area contributed by atoms with Gasteiger partial charge >= 0.3 is 0 Å². The number of hydrogen-bond acceptors (Lipinski definition) is 4. The van der Waals surface area contributed by atoms with Crippen molar-refractivity contribution in [1.82, 2.24) is 0 Å². The van der Waals surface area contributed by atoms with Crippen LogP contribution in [0.3, 0.4) is 0 Å². The first kappa shape index (κ1) is 23.6.